The number of furan rings is 1. The summed E-state index contributed by atoms with van der Waals surface area (Å²) in [6.07, 6.45) is 3.66. The lowest BCUT2D eigenvalue weighted by Gasteiger charge is -2.34. The lowest BCUT2D eigenvalue weighted by Crippen LogP contribution is -2.48. The Morgan fingerprint density at radius 2 is 2.09 bits per heavy atom. The number of oxazole rings is 1. The number of nitriles is 1. The van der Waals surface area contributed by atoms with Crippen molar-refractivity contribution in [2.45, 2.75) is 18.8 Å². The van der Waals surface area contributed by atoms with E-state index in [0.717, 1.165) is 12.8 Å². The van der Waals surface area contributed by atoms with Crippen LogP contribution < -0.4 is 4.90 Å². The Morgan fingerprint density at radius 1 is 1.30 bits per heavy atom. The number of carbonyl (C=O) groups is 1. The van der Waals surface area contributed by atoms with Crippen LogP contribution >= 0.6 is 0 Å². The number of carbonyl (C=O) groups excluding carboxylic acids is 1. The van der Waals surface area contributed by atoms with E-state index < -0.39 is 0 Å². The molecule has 0 N–H and O–H groups in total. The standard InChI is InChI=1S/C16H16N4O3/c17-10-12-16(23-14(18-12)11-3-4-11)20-7-5-19(6-8-20)15(21)13-2-1-9-22-13/h1-2,9,11H,3-8H2. The molecule has 23 heavy (non-hydrogen) atoms. The molecule has 2 aliphatic rings. The summed E-state index contributed by atoms with van der Waals surface area (Å²) < 4.78 is 11.0. The highest BCUT2D eigenvalue weighted by molar-refractivity contribution is 5.91. The van der Waals surface area contributed by atoms with Gasteiger partial charge in [-0.3, -0.25) is 4.79 Å². The zero-order valence-electron chi connectivity index (χ0n) is 12.6. The van der Waals surface area contributed by atoms with Crippen LogP contribution in [-0.4, -0.2) is 42.0 Å². The second-order valence-corrected chi connectivity index (χ2v) is 5.85. The number of anilines is 1. The van der Waals surface area contributed by atoms with Gasteiger partial charge in [0.25, 0.3) is 5.91 Å². The quantitative estimate of drug-likeness (QED) is 0.861. The summed E-state index contributed by atoms with van der Waals surface area (Å²) in [6.45, 7) is 2.34. The molecule has 3 heterocycles. The minimum atomic E-state index is -0.105. The predicted molar refractivity (Wildman–Crippen MR) is 80.0 cm³/mol. The lowest BCUT2D eigenvalue weighted by molar-refractivity contribution is 0.0713. The molecular weight excluding hydrogens is 296 g/mol. The van der Waals surface area contributed by atoms with Crippen LogP contribution in [-0.2, 0) is 0 Å². The van der Waals surface area contributed by atoms with Gasteiger partial charge in [-0.2, -0.15) is 5.26 Å². The molecule has 0 spiro atoms. The Labute approximate surface area is 133 Å². The van der Waals surface area contributed by atoms with Crippen LogP contribution in [0.3, 0.4) is 0 Å². The molecule has 2 aromatic heterocycles. The van der Waals surface area contributed by atoms with Gasteiger partial charge in [0.2, 0.25) is 17.5 Å². The summed E-state index contributed by atoms with van der Waals surface area (Å²) in [7, 11) is 0. The molecule has 7 heteroatoms. The molecule has 0 bridgehead atoms. The molecule has 1 saturated heterocycles. The highest BCUT2D eigenvalue weighted by Crippen LogP contribution is 2.41. The van der Waals surface area contributed by atoms with Crippen molar-refractivity contribution < 1.29 is 13.6 Å². The highest BCUT2D eigenvalue weighted by Gasteiger charge is 2.33. The van der Waals surface area contributed by atoms with Crippen molar-refractivity contribution in [1.29, 1.82) is 5.26 Å². The summed E-state index contributed by atoms with van der Waals surface area (Å²) in [5.74, 6) is 1.83. The van der Waals surface area contributed by atoms with Crippen LogP contribution in [0.5, 0.6) is 0 Å². The second kappa shape index (κ2) is 5.47. The Kier molecular flexibility index (Phi) is 3.30. The summed E-state index contributed by atoms with van der Waals surface area (Å²) in [5, 5.41) is 9.25. The van der Waals surface area contributed by atoms with Gasteiger partial charge in [0.1, 0.15) is 6.07 Å². The van der Waals surface area contributed by atoms with Gasteiger partial charge in [0, 0.05) is 32.1 Å². The molecule has 4 rings (SSSR count). The predicted octanol–water partition coefficient (Wildman–Crippen LogP) is 1.98. The molecule has 0 unspecified atom stereocenters. The van der Waals surface area contributed by atoms with E-state index in [4.69, 9.17) is 8.83 Å². The Bertz CT molecular complexity index is 747. The zero-order valence-corrected chi connectivity index (χ0v) is 12.6. The van der Waals surface area contributed by atoms with E-state index in [1.807, 2.05) is 4.90 Å². The van der Waals surface area contributed by atoms with E-state index in [-0.39, 0.29) is 5.91 Å². The molecule has 7 nitrogen and oxygen atoms in total. The first-order valence-corrected chi connectivity index (χ1v) is 7.75. The number of rotatable bonds is 3. The molecule has 0 atom stereocenters. The van der Waals surface area contributed by atoms with E-state index in [1.54, 1.807) is 17.0 Å². The van der Waals surface area contributed by atoms with Gasteiger partial charge in [0.15, 0.2) is 5.76 Å². The monoisotopic (exact) mass is 312 g/mol. The van der Waals surface area contributed by atoms with Crippen molar-refractivity contribution in [3.8, 4) is 6.07 Å². The van der Waals surface area contributed by atoms with E-state index in [0.29, 0.717) is 55.3 Å². The third-order valence-electron chi connectivity index (χ3n) is 4.24. The van der Waals surface area contributed by atoms with E-state index in [2.05, 4.69) is 11.1 Å². The van der Waals surface area contributed by atoms with Gasteiger partial charge >= 0.3 is 0 Å². The molecule has 1 aliphatic heterocycles. The average Bonchev–Trinajstić information content (AvgIpc) is 3.14. The van der Waals surface area contributed by atoms with Crippen molar-refractivity contribution in [2.24, 2.45) is 0 Å². The second-order valence-electron chi connectivity index (χ2n) is 5.85. The summed E-state index contributed by atoms with van der Waals surface area (Å²) in [6, 6.07) is 5.48. The third kappa shape index (κ3) is 2.57. The smallest absolute Gasteiger partial charge is 0.289 e. The van der Waals surface area contributed by atoms with Crippen molar-refractivity contribution in [2.75, 3.05) is 31.1 Å². The maximum absolute atomic E-state index is 12.3. The number of nitrogens with zero attached hydrogens (tertiary/aromatic N) is 4. The number of amides is 1. The molecule has 1 amide bonds. The lowest BCUT2D eigenvalue weighted by atomic mass is 10.2. The summed E-state index contributed by atoms with van der Waals surface area (Å²) >= 11 is 0. The summed E-state index contributed by atoms with van der Waals surface area (Å²) in [5.41, 5.74) is 0.345. The van der Waals surface area contributed by atoms with Crippen LogP contribution in [0.1, 0.15) is 40.9 Å². The number of aromatic nitrogens is 1. The average molecular weight is 312 g/mol. The van der Waals surface area contributed by atoms with Crippen molar-refractivity contribution in [1.82, 2.24) is 9.88 Å². The molecule has 0 radical (unpaired) electrons. The van der Waals surface area contributed by atoms with Crippen LogP contribution in [0, 0.1) is 11.3 Å². The van der Waals surface area contributed by atoms with Crippen molar-refractivity contribution in [3.05, 3.63) is 35.7 Å². The number of hydrogen-bond donors (Lipinski definition) is 0. The molecular formula is C16H16N4O3. The first-order chi connectivity index (χ1) is 11.3. The molecule has 2 fully saturated rings. The van der Waals surface area contributed by atoms with E-state index in [1.165, 1.54) is 6.26 Å². The van der Waals surface area contributed by atoms with Crippen molar-refractivity contribution in [3.63, 3.8) is 0 Å². The van der Waals surface area contributed by atoms with Gasteiger partial charge in [-0.1, -0.05) is 0 Å². The normalized spacial score (nSPS) is 18.0. The van der Waals surface area contributed by atoms with Crippen LogP contribution in [0.25, 0.3) is 0 Å². The number of piperazine rings is 1. The first-order valence-electron chi connectivity index (χ1n) is 7.75. The van der Waals surface area contributed by atoms with Gasteiger partial charge in [0.05, 0.1) is 6.26 Å². The molecule has 1 saturated carbocycles. The topological polar surface area (TPSA) is 86.5 Å². The van der Waals surface area contributed by atoms with Gasteiger partial charge < -0.3 is 18.6 Å². The fraction of sp³-hybridized carbons (Fsp3) is 0.438. The maximum atomic E-state index is 12.3. The van der Waals surface area contributed by atoms with Gasteiger partial charge in [-0.25, -0.2) is 4.98 Å². The Hall–Kier alpha value is -2.75. The Morgan fingerprint density at radius 3 is 2.70 bits per heavy atom. The molecule has 1 aliphatic carbocycles. The largest absolute Gasteiger partial charge is 0.459 e. The SMILES string of the molecule is N#Cc1nc(C2CC2)oc1N1CCN(C(=O)c2ccco2)CC1. The minimum Gasteiger partial charge on any atom is -0.459 e. The van der Waals surface area contributed by atoms with E-state index >= 15 is 0 Å². The molecule has 2 aromatic rings. The van der Waals surface area contributed by atoms with Gasteiger partial charge in [-0.15, -0.1) is 0 Å². The fourth-order valence-corrected chi connectivity index (χ4v) is 2.79. The fourth-order valence-electron chi connectivity index (χ4n) is 2.79. The van der Waals surface area contributed by atoms with Crippen LogP contribution in [0.4, 0.5) is 5.88 Å². The Balaban J connectivity index is 1.45. The first kappa shape index (κ1) is 13.9. The maximum Gasteiger partial charge on any atom is 0.289 e. The summed E-state index contributed by atoms with van der Waals surface area (Å²) in [4.78, 5) is 20.3. The minimum absolute atomic E-state index is 0.105. The van der Waals surface area contributed by atoms with E-state index in [9.17, 15) is 10.1 Å². The van der Waals surface area contributed by atoms with Gasteiger partial charge in [-0.05, 0) is 25.0 Å². The van der Waals surface area contributed by atoms with Crippen LogP contribution in [0.2, 0.25) is 0 Å². The number of hydrogen-bond acceptors (Lipinski definition) is 6. The zero-order chi connectivity index (χ0) is 15.8. The van der Waals surface area contributed by atoms with Crippen molar-refractivity contribution >= 4 is 11.8 Å². The third-order valence-corrected chi connectivity index (χ3v) is 4.24. The van der Waals surface area contributed by atoms with Crippen LogP contribution in [0.15, 0.2) is 27.2 Å². The molecule has 118 valence electrons. The molecule has 0 aromatic carbocycles. The highest BCUT2D eigenvalue weighted by atomic mass is 16.4.